The fourth-order valence-corrected chi connectivity index (χ4v) is 3.27. The predicted molar refractivity (Wildman–Crippen MR) is 77.2 cm³/mol. The lowest BCUT2D eigenvalue weighted by Crippen LogP contribution is -2.53. The van der Waals surface area contributed by atoms with Gasteiger partial charge in [0, 0.05) is 19.2 Å². The van der Waals surface area contributed by atoms with Gasteiger partial charge in [-0.1, -0.05) is 19.3 Å². The first-order valence-corrected chi connectivity index (χ1v) is 7.65. The van der Waals surface area contributed by atoms with E-state index in [0.29, 0.717) is 12.5 Å². The fraction of sp³-hybridized carbons (Fsp3) is 0.733. The summed E-state index contributed by atoms with van der Waals surface area (Å²) in [7, 11) is 0. The summed E-state index contributed by atoms with van der Waals surface area (Å²) in [6.07, 6.45) is 7.83. The molecular weight excluding hydrogens is 254 g/mol. The summed E-state index contributed by atoms with van der Waals surface area (Å²) >= 11 is 0. The van der Waals surface area contributed by atoms with Crippen LogP contribution in [-0.2, 0) is 4.74 Å². The highest BCUT2D eigenvalue weighted by molar-refractivity contribution is 5.41. The van der Waals surface area contributed by atoms with Crippen molar-refractivity contribution in [1.29, 1.82) is 0 Å². The van der Waals surface area contributed by atoms with Crippen LogP contribution in [0.2, 0.25) is 0 Å². The average molecular weight is 277 g/mol. The molecule has 3 rings (SSSR count). The molecule has 0 N–H and O–H groups in total. The van der Waals surface area contributed by atoms with Crippen molar-refractivity contribution in [1.82, 2.24) is 9.97 Å². The number of nitrogens with zero attached hydrogens (tertiary/aromatic N) is 3. The predicted octanol–water partition coefficient (Wildman–Crippen LogP) is 2.41. The Balaban J connectivity index is 1.74. The second kappa shape index (κ2) is 5.95. The van der Waals surface area contributed by atoms with Crippen molar-refractivity contribution in [3.8, 4) is 5.88 Å². The van der Waals surface area contributed by atoms with E-state index in [2.05, 4.69) is 14.9 Å². The Morgan fingerprint density at radius 1 is 1.30 bits per heavy atom. The van der Waals surface area contributed by atoms with Crippen LogP contribution in [0.4, 0.5) is 5.82 Å². The summed E-state index contributed by atoms with van der Waals surface area (Å²) in [6.45, 7) is 5.21. The minimum atomic E-state index is 0.0488. The second-order valence-electron chi connectivity index (χ2n) is 5.66. The Bertz CT molecular complexity index is 441. The number of ether oxygens (including phenoxy) is 2. The molecule has 5 heteroatoms. The first-order valence-electron chi connectivity index (χ1n) is 7.65. The molecule has 0 aromatic carbocycles. The Kier molecular flexibility index (Phi) is 4.05. The Morgan fingerprint density at radius 2 is 2.15 bits per heavy atom. The van der Waals surface area contributed by atoms with Gasteiger partial charge in [-0.15, -0.1) is 0 Å². The lowest BCUT2D eigenvalue weighted by Gasteiger charge is -2.45. The zero-order chi connectivity index (χ0) is 13.8. The standard InChI is InChI=1S/C15H23N3O2/c1-2-19-14-10-13(16-12-17-14)18-8-9-20-15(11-18)6-4-3-5-7-15/h10,12H,2-9,11H2,1H3. The van der Waals surface area contributed by atoms with Crippen molar-refractivity contribution in [2.24, 2.45) is 0 Å². The molecule has 2 aliphatic rings. The van der Waals surface area contributed by atoms with Crippen LogP contribution in [0.15, 0.2) is 12.4 Å². The molecule has 1 aromatic rings. The second-order valence-corrected chi connectivity index (χ2v) is 5.66. The van der Waals surface area contributed by atoms with Gasteiger partial charge in [-0.25, -0.2) is 9.97 Å². The van der Waals surface area contributed by atoms with Crippen molar-refractivity contribution in [2.75, 3.05) is 31.2 Å². The molecule has 0 bridgehead atoms. The van der Waals surface area contributed by atoms with Gasteiger partial charge < -0.3 is 14.4 Å². The van der Waals surface area contributed by atoms with Crippen LogP contribution in [0, 0.1) is 0 Å². The van der Waals surface area contributed by atoms with Crippen LogP contribution in [0.1, 0.15) is 39.0 Å². The van der Waals surface area contributed by atoms with Gasteiger partial charge in [0.2, 0.25) is 5.88 Å². The molecule has 2 heterocycles. The van der Waals surface area contributed by atoms with E-state index in [0.717, 1.165) is 25.5 Å². The zero-order valence-corrected chi connectivity index (χ0v) is 12.2. The van der Waals surface area contributed by atoms with Crippen LogP contribution >= 0.6 is 0 Å². The molecule has 1 aliphatic heterocycles. The summed E-state index contributed by atoms with van der Waals surface area (Å²) in [5.74, 6) is 1.61. The van der Waals surface area contributed by atoms with E-state index in [1.54, 1.807) is 6.33 Å². The minimum Gasteiger partial charge on any atom is -0.478 e. The minimum absolute atomic E-state index is 0.0488. The molecule has 1 aliphatic carbocycles. The van der Waals surface area contributed by atoms with E-state index in [1.807, 2.05) is 13.0 Å². The molecule has 20 heavy (non-hydrogen) atoms. The van der Waals surface area contributed by atoms with Gasteiger partial charge in [0.05, 0.1) is 18.8 Å². The summed E-state index contributed by atoms with van der Waals surface area (Å²) < 4.78 is 11.6. The summed E-state index contributed by atoms with van der Waals surface area (Å²) in [5, 5.41) is 0. The van der Waals surface area contributed by atoms with Crippen LogP contribution in [-0.4, -0.2) is 41.9 Å². The molecule has 2 fully saturated rings. The third-order valence-electron chi connectivity index (χ3n) is 4.26. The number of morpholine rings is 1. The topological polar surface area (TPSA) is 47.5 Å². The quantitative estimate of drug-likeness (QED) is 0.849. The van der Waals surface area contributed by atoms with E-state index < -0.39 is 0 Å². The maximum atomic E-state index is 6.12. The Labute approximate surface area is 120 Å². The van der Waals surface area contributed by atoms with E-state index in [9.17, 15) is 0 Å². The molecule has 0 radical (unpaired) electrons. The highest BCUT2D eigenvalue weighted by atomic mass is 16.5. The maximum Gasteiger partial charge on any atom is 0.218 e. The van der Waals surface area contributed by atoms with Gasteiger partial charge in [-0.2, -0.15) is 0 Å². The highest BCUT2D eigenvalue weighted by Crippen LogP contribution is 2.35. The van der Waals surface area contributed by atoms with Crippen molar-refractivity contribution >= 4 is 5.82 Å². The van der Waals surface area contributed by atoms with Crippen LogP contribution in [0.5, 0.6) is 5.88 Å². The molecular formula is C15H23N3O2. The summed E-state index contributed by atoms with van der Waals surface area (Å²) in [6, 6.07) is 1.94. The average Bonchev–Trinajstić information content (AvgIpc) is 2.49. The van der Waals surface area contributed by atoms with Crippen LogP contribution in [0.3, 0.4) is 0 Å². The molecule has 110 valence electrons. The third-order valence-corrected chi connectivity index (χ3v) is 4.26. The number of hydrogen-bond acceptors (Lipinski definition) is 5. The largest absolute Gasteiger partial charge is 0.478 e. The molecule has 1 saturated carbocycles. The maximum absolute atomic E-state index is 6.12. The normalized spacial score (nSPS) is 21.9. The Morgan fingerprint density at radius 3 is 2.95 bits per heavy atom. The van der Waals surface area contributed by atoms with E-state index in [4.69, 9.17) is 9.47 Å². The highest BCUT2D eigenvalue weighted by Gasteiger charge is 2.38. The van der Waals surface area contributed by atoms with E-state index in [1.165, 1.54) is 32.1 Å². The molecule has 0 amide bonds. The molecule has 1 saturated heterocycles. The lowest BCUT2D eigenvalue weighted by atomic mass is 9.83. The molecule has 1 spiro atoms. The summed E-state index contributed by atoms with van der Waals surface area (Å²) in [5.41, 5.74) is 0.0488. The Hall–Kier alpha value is -1.36. The van der Waals surface area contributed by atoms with Gasteiger partial charge in [-0.05, 0) is 19.8 Å². The van der Waals surface area contributed by atoms with Gasteiger partial charge in [0.25, 0.3) is 0 Å². The van der Waals surface area contributed by atoms with Crippen molar-refractivity contribution in [2.45, 2.75) is 44.6 Å². The number of aromatic nitrogens is 2. The van der Waals surface area contributed by atoms with Crippen LogP contribution in [0.25, 0.3) is 0 Å². The van der Waals surface area contributed by atoms with Crippen molar-refractivity contribution < 1.29 is 9.47 Å². The van der Waals surface area contributed by atoms with Crippen molar-refractivity contribution in [3.05, 3.63) is 12.4 Å². The molecule has 0 unspecified atom stereocenters. The number of rotatable bonds is 3. The van der Waals surface area contributed by atoms with E-state index in [-0.39, 0.29) is 5.60 Å². The molecule has 0 atom stereocenters. The number of anilines is 1. The van der Waals surface area contributed by atoms with E-state index >= 15 is 0 Å². The van der Waals surface area contributed by atoms with Crippen LogP contribution < -0.4 is 9.64 Å². The fourth-order valence-electron chi connectivity index (χ4n) is 3.27. The SMILES string of the molecule is CCOc1cc(N2CCOC3(CCCCC3)C2)ncn1. The van der Waals surface area contributed by atoms with Gasteiger partial charge >= 0.3 is 0 Å². The van der Waals surface area contributed by atoms with Crippen molar-refractivity contribution in [3.63, 3.8) is 0 Å². The smallest absolute Gasteiger partial charge is 0.218 e. The third kappa shape index (κ3) is 2.87. The lowest BCUT2D eigenvalue weighted by molar-refractivity contribution is -0.0783. The van der Waals surface area contributed by atoms with Gasteiger partial charge in [-0.3, -0.25) is 0 Å². The zero-order valence-electron chi connectivity index (χ0n) is 12.2. The molecule has 1 aromatic heterocycles. The van der Waals surface area contributed by atoms with Gasteiger partial charge in [0.15, 0.2) is 0 Å². The monoisotopic (exact) mass is 277 g/mol. The number of hydrogen-bond donors (Lipinski definition) is 0. The first kappa shape index (κ1) is 13.6. The summed E-state index contributed by atoms with van der Waals surface area (Å²) in [4.78, 5) is 10.9. The first-order chi connectivity index (χ1) is 9.81. The van der Waals surface area contributed by atoms with Gasteiger partial charge in [0.1, 0.15) is 12.1 Å². The molecule has 5 nitrogen and oxygen atoms in total.